The summed E-state index contributed by atoms with van der Waals surface area (Å²) in [4.78, 5) is 5.47. The first-order valence-corrected chi connectivity index (χ1v) is 8.51. The molecule has 2 N–H and O–H groups in total. The third-order valence-corrected chi connectivity index (χ3v) is 4.06. The van der Waals surface area contributed by atoms with Crippen LogP contribution in [-0.2, 0) is 6.54 Å². The number of thiophene rings is 1. The van der Waals surface area contributed by atoms with E-state index in [0.29, 0.717) is 12.4 Å². The molecule has 0 aliphatic heterocycles. The molecule has 1 heterocycles. The van der Waals surface area contributed by atoms with E-state index in [9.17, 15) is 4.39 Å². The molecule has 0 spiro atoms. The molecule has 4 nitrogen and oxygen atoms in total. The summed E-state index contributed by atoms with van der Waals surface area (Å²) >= 11 is 1.72. The minimum Gasteiger partial charge on any atom is -0.494 e. The molecule has 0 saturated heterocycles. The average Bonchev–Trinajstić information content (AvgIpc) is 3.08. The maximum Gasteiger partial charge on any atom is 0.191 e. The zero-order chi connectivity index (χ0) is 16.3. The van der Waals surface area contributed by atoms with E-state index >= 15 is 0 Å². The normalized spacial score (nSPS) is 11.3. The van der Waals surface area contributed by atoms with E-state index in [1.165, 1.54) is 17.0 Å². The monoisotopic (exact) mass is 335 g/mol. The first kappa shape index (κ1) is 17.3. The summed E-state index contributed by atoms with van der Waals surface area (Å²) < 4.78 is 18.3. The summed E-state index contributed by atoms with van der Waals surface area (Å²) in [5.41, 5.74) is 0. The van der Waals surface area contributed by atoms with Crippen LogP contribution in [0.5, 0.6) is 5.75 Å². The minimum absolute atomic E-state index is 0.247. The molecule has 0 saturated carbocycles. The van der Waals surface area contributed by atoms with Crippen LogP contribution in [0.25, 0.3) is 0 Å². The highest BCUT2D eigenvalue weighted by Gasteiger charge is 1.99. The van der Waals surface area contributed by atoms with E-state index in [1.54, 1.807) is 30.5 Å². The number of nitrogens with one attached hydrogen (secondary N) is 2. The number of ether oxygens (including phenoxy) is 1. The van der Waals surface area contributed by atoms with Gasteiger partial charge in [-0.05, 0) is 48.6 Å². The van der Waals surface area contributed by atoms with E-state index < -0.39 is 0 Å². The predicted octanol–water partition coefficient (Wildman–Crippen LogP) is 3.41. The highest BCUT2D eigenvalue weighted by atomic mass is 32.1. The molecule has 2 aromatic rings. The summed E-state index contributed by atoms with van der Waals surface area (Å²) in [5, 5.41) is 8.62. The van der Waals surface area contributed by atoms with Gasteiger partial charge in [-0.3, -0.25) is 4.99 Å². The Morgan fingerprint density at radius 3 is 2.70 bits per heavy atom. The quantitative estimate of drug-likeness (QED) is 0.441. The van der Waals surface area contributed by atoms with Crippen molar-refractivity contribution in [3.63, 3.8) is 0 Å². The summed E-state index contributed by atoms with van der Waals surface area (Å²) in [6, 6.07) is 10.2. The molecule has 0 atom stereocenters. The Kier molecular flexibility index (Phi) is 7.39. The first-order valence-electron chi connectivity index (χ1n) is 7.63. The number of halogens is 1. The number of rotatable bonds is 8. The zero-order valence-corrected chi connectivity index (χ0v) is 14.0. The molecule has 0 aliphatic rings. The van der Waals surface area contributed by atoms with E-state index in [1.807, 2.05) is 6.07 Å². The Morgan fingerprint density at radius 1 is 1.17 bits per heavy atom. The lowest BCUT2D eigenvalue weighted by molar-refractivity contribution is 0.306. The average molecular weight is 335 g/mol. The summed E-state index contributed by atoms with van der Waals surface area (Å²) in [7, 11) is 1.77. The van der Waals surface area contributed by atoms with Gasteiger partial charge in [-0.2, -0.15) is 0 Å². The third-order valence-electron chi connectivity index (χ3n) is 3.18. The van der Waals surface area contributed by atoms with Crippen molar-refractivity contribution in [1.29, 1.82) is 0 Å². The van der Waals surface area contributed by atoms with Gasteiger partial charge in [0.25, 0.3) is 0 Å². The molecule has 23 heavy (non-hydrogen) atoms. The molecule has 0 amide bonds. The van der Waals surface area contributed by atoms with Gasteiger partial charge in [0.1, 0.15) is 11.6 Å². The number of guanidine groups is 1. The molecule has 0 aliphatic carbocycles. The van der Waals surface area contributed by atoms with Crippen molar-refractivity contribution < 1.29 is 9.13 Å². The lowest BCUT2D eigenvalue weighted by atomic mass is 10.3. The Balaban J connectivity index is 1.54. The van der Waals surface area contributed by atoms with Crippen LogP contribution in [0.4, 0.5) is 4.39 Å². The second kappa shape index (κ2) is 9.84. The highest BCUT2D eigenvalue weighted by molar-refractivity contribution is 7.09. The van der Waals surface area contributed by atoms with Crippen LogP contribution in [0, 0.1) is 5.82 Å². The number of unbranched alkanes of at least 4 members (excludes halogenated alkanes) is 1. The Bertz CT molecular complexity index is 584. The van der Waals surface area contributed by atoms with E-state index in [2.05, 4.69) is 27.1 Å². The molecule has 2 rings (SSSR count). The van der Waals surface area contributed by atoms with Crippen molar-refractivity contribution in [3.8, 4) is 5.75 Å². The minimum atomic E-state index is -0.247. The third kappa shape index (κ3) is 6.69. The fourth-order valence-corrected chi connectivity index (χ4v) is 2.60. The van der Waals surface area contributed by atoms with Crippen molar-refractivity contribution >= 4 is 17.3 Å². The number of hydrogen-bond acceptors (Lipinski definition) is 3. The van der Waals surface area contributed by atoms with E-state index in [-0.39, 0.29) is 5.82 Å². The molecule has 124 valence electrons. The lowest BCUT2D eigenvalue weighted by Crippen LogP contribution is -2.37. The Labute approximate surface area is 140 Å². The van der Waals surface area contributed by atoms with E-state index in [4.69, 9.17) is 4.74 Å². The molecular weight excluding hydrogens is 313 g/mol. The van der Waals surface area contributed by atoms with Crippen molar-refractivity contribution in [3.05, 3.63) is 52.5 Å². The van der Waals surface area contributed by atoms with Gasteiger partial charge >= 0.3 is 0 Å². The number of aliphatic imine (C=N–C) groups is 1. The van der Waals surface area contributed by atoms with Gasteiger partial charge < -0.3 is 15.4 Å². The Morgan fingerprint density at radius 2 is 2.00 bits per heavy atom. The fourth-order valence-electron chi connectivity index (χ4n) is 1.96. The van der Waals surface area contributed by atoms with Crippen molar-refractivity contribution in [2.45, 2.75) is 19.4 Å². The molecule has 1 aromatic carbocycles. The standard InChI is InChI=1S/C17H22FN3OS/c1-19-17(21-13-16-5-4-12-23-16)20-10-2-3-11-22-15-8-6-14(18)7-9-15/h4-9,12H,2-3,10-11,13H2,1H3,(H2,19,20,21). The van der Waals surface area contributed by atoms with Crippen LogP contribution in [-0.4, -0.2) is 26.2 Å². The summed E-state index contributed by atoms with van der Waals surface area (Å²) in [6.45, 7) is 2.23. The van der Waals surface area contributed by atoms with E-state index in [0.717, 1.165) is 31.9 Å². The van der Waals surface area contributed by atoms with Crippen LogP contribution < -0.4 is 15.4 Å². The molecule has 1 aromatic heterocycles. The fraction of sp³-hybridized carbons (Fsp3) is 0.353. The number of hydrogen-bond donors (Lipinski definition) is 2. The smallest absolute Gasteiger partial charge is 0.191 e. The molecule has 6 heteroatoms. The van der Waals surface area contributed by atoms with Gasteiger partial charge in [0, 0.05) is 18.5 Å². The SMILES string of the molecule is CN=C(NCCCCOc1ccc(F)cc1)NCc1cccs1. The van der Waals surface area contributed by atoms with Crippen LogP contribution in [0.15, 0.2) is 46.8 Å². The van der Waals surface area contributed by atoms with Crippen LogP contribution in [0.2, 0.25) is 0 Å². The molecule has 0 fully saturated rings. The van der Waals surface area contributed by atoms with Gasteiger partial charge in [-0.1, -0.05) is 6.07 Å². The van der Waals surface area contributed by atoms with Crippen LogP contribution in [0.3, 0.4) is 0 Å². The van der Waals surface area contributed by atoms with Crippen molar-refractivity contribution in [2.75, 3.05) is 20.2 Å². The zero-order valence-electron chi connectivity index (χ0n) is 13.2. The van der Waals surface area contributed by atoms with Crippen molar-refractivity contribution in [1.82, 2.24) is 10.6 Å². The second-order valence-electron chi connectivity index (χ2n) is 4.94. The lowest BCUT2D eigenvalue weighted by Gasteiger charge is -2.11. The molecule has 0 unspecified atom stereocenters. The largest absolute Gasteiger partial charge is 0.494 e. The second-order valence-corrected chi connectivity index (χ2v) is 5.97. The topological polar surface area (TPSA) is 45.7 Å². The molecule has 0 bridgehead atoms. The van der Waals surface area contributed by atoms with Gasteiger partial charge in [0.15, 0.2) is 5.96 Å². The predicted molar refractivity (Wildman–Crippen MR) is 93.6 cm³/mol. The maximum absolute atomic E-state index is 12.8. The van der Waals surface area contributed by atoms with Crippen LogP contribution in [0.1, 0.15) is 17.7 Å². The summed E-state index contributed by atoms with van der Waals surface area (Å²) in [6.07, 6.45) is 1.90. The molecule has 0 radical (unpaired) electrons. The number of benzene rings is 1. The van der Waals surface area contributed by atoms with Crippen molar-refractivity contribution in [2.24, 2.45) is 4.99 Å². The van der Waals surface area contributed by atoms with Gasteiger partial charge in [0.2, 0.25) is 0 Å². The molecular formula is C17H22FN3OS. The first-order chi connectivity index (χ1) is 11.3. The summed E-state index contributed by atoms with van der Waals surface area (Å²) in [5.74, 6) is 1.26. The number of nitrogens with zero attached hydrogens (tertiary/aromatic N) is 1. The van der Waals surface area contributed by atoms with Gasteiger partial charge in [-0.15, -0.1) is 11.3 Å². The Hall–Kier alpha value is -2.08. The maximum atomic E-state index is 12.8. The highest BCUT2D eigenvalue weighted by Crippen LogP contribution is 2.11. The van der Waals surface area contributed by atoms with Gasteiger partial charge in [-0.25, -0.2) is 4.39 Å². The van der Waals surface area contributed by atoms with Gasteiger partial charge in [0.05, 0.1) is 13.2 Å². The van der Waals surface area contributed by atoms with Crippen LogP contribution >= 0.6 is 11.3 Å².